The van der Waals surface area contributed by atoms with E-state index in [-0.39, 0.29) is 6.61 Å². The molecule has 0 unspecified atom stereocenters. The van der Waals surface area contributed by atoms with Crippen molar-refractivity contribution in [3.63, 3.8) is 0 Å². The quantitative estimate of drug-likeness (QED) is 0.760. The molecule has 0 aliphatic heterocycles. The van der Waals surface area contributed by atoms with E-state index in [1.807, 2.05) is 41.1 Å². The fraction of sp³-hybridized carbons (Fsp3) is 0.294. The lowest BCUT2D eigenvalue weighted by molar-refractivity contribution is 0.282. The van der Waals surface area contributed by atoms with Crippen LogP contribution in [0.5, 0.6) is 0 Å². The summed E-state index contributed by atoms with van der Waals surface area (Å²) in [5, 5.41) is 12.5. The van der Waals surface area contributed by atoms with Crippen molar-refractivity contribution in [1.82, 2.24) is 14.4 Å². The van der Waals surface area contributed by atoms with Gasteiger partial charge in [0.2, 0.25) is 0 Å². The minimum absolute atomic E-state index is 0.0562. The summed E-state index contributed by atoms with van der Waals surface area (Å²) in [5.41, 5.74) is 3.79. The second-order valence-corrected chi connectivity index (χ2v) is 5.74. The van der Waals surface area contributed by atoms with Crippen LogP contribution in [0.15, 0.2) is 42.9 Å². The molecule has 0 fully saturated rings. The minimum Gasteiger partial charge on any atom is -0.392 e. The first-order chi connectivity index (χ1) is 10.7. The molecule has 5 nitrogen and oxygen atoms in total. The Labute approximate surface area is 129 Å². The van der Waals surface area contributed by atoms with Crippen molar-refractivity contribution in [1.29, 1.82) is 0 Å². The molecule has 2 heterocycles. The first-order valence-corrected chi connectivity index (χ1v) is 7.45. The number of aliphatic hydroxyl groups excluding tert-OH is 1. The molecule has 5 heteroatoms. The van der Waals surface area contributed by atoms with E-state index in [1.165, 1.54) is 0 Å². The maximum absolute atomic E-state index is 9.14. The summed E-state index contributed by atoms with van der Waals surface area (Å²) in [6.45, 7) is 5.24. The van der Waals surface area contributed by atoms with Gasteiger partial charge < -0.3 is 10.4 Å². The summed E-state index contributed by atoms with van der Waals surface area (Å²) in [5.74, 6) is 1.34. The van der Waals surface area contributed by atoms with Crippen LogP contribution < -0.4 is 5.32 Å². The zero-order chi connectivity index (χ0) is 15.5. The molecule has 2 N–H and O–H groups in total. The number of imidazole rings is 1. The molecular weight excluding hydrogens is 276 g/mol. The molecular formula is C17H20N4O. The maximum atomic E-state index is 9.14. The van der Waals surface area contributed by atoms with Crippen molar-refractivity contribution in [2.45, 2.75) is 20.5 Å². The molecule has 0 radical (unpaired) electrons. The lowest BCUT2D eigenvalue weighted by Gasteiger charge is -2.09. The van der Waals surface area contributed by atoms with Crippen LogP contribution in [0.25, 0.3) is 16.9 Å². The first kappa shape index (κ1) is 14.5. The molecule has 0 saturated heterocycles. The van der Waals surface area contributed by atoms with Crippen molar-refractivity contribution in [2.75, 3.05) is 11.9 Å². The zero-order valence-electron chi connectivity index (χ0n) is 12.8. The van der Waals surface area contributed by atoms with Crippen LogP contribution >= 0.6 is 0 Å². The third-order valence-corrected chi connectivity index (χ3v) is 3.54. The second kappa shape index (κ2) is 6.15. The summed E-state index contributed by atoms with van der Waals surface area (Å²) < 4.78 is 2.03. The van der Waals surface area contributed by atoms with Gasteiger partial charge in [0.05, 0.1) is 18.5 Å². The van der Waals surface area contributed by atoms with Crippen LogP contribution in [0, 0.1) is 5.92 Å². The molecule has 0 aliphatic carbocycles. The molecule has 0 atom stereocenters. The van der Waals surface area contributed by atoms with Crippen molar-refractivity contribution in [3.05, 3.63) is 48.4 Å². The number of aliphatic hydroxyl groups is 1. The van der Waals surface area contributed by atoms with Gasteiger partial charge in [0.1, 0.15) is 0 Å². The van der Waals surface area contributed by atoms with Gasteiger partial charge in [-0.3, -0.25) is 4.40 Å². The van der Waals surface area contributed by atoms with Gasteiger partial charge in [-0.2, -0.15) is 0 Å². The van der Waals surface area contributed by atoms with E-state index in [4.69, 9.17) is 5.11 Å². The summed E-state index contributed by atoms with van der Waals surface area (Å²) in [4.78, 5) is 8.89. The topological polar surface area (TPSA) is 62.5 Å². The molecule has 2 aromatic heterocycles. The molecule has 22 heavy (non-hydrogen) atoms. The molecule has 1 aromatic carbocycles. The lowest BCUT2D eigenvalue weighted by atomic mass is 10.1. The fourth-order valence-electron chi connectivity index (χ4n) is 2.34. The molecule has 0 bridgehead atoms. The Morgan fingerprint density at radius 3 is 2.64 bits per heavy atom. The van der Waals surface area contributed by atoms with E-state index in [2.05, 4.69) is 29.1 Å². The molecule has 0 aliphatic rings. The Kier molecular flexibility index (Phi) is 4.06. The van der Waals surface area contributed by atoms with Crippen LogP contribution in [-0.2, 0) is 6.61 Å². The van der Waals surface area contributed by atoms with Crippen LogP contribution in [0.1, 0.15) is 19.4 Å². The van der Waals surface area contributed by atoms with Gasteiger partial charge in [0.15, 0.2) is 11.5 Å². The highest BCUT2D eigenvalue weighted by Crippen LogP contribution is 2.23. The number of aromatic nitrogens is 3. The van der Waals surface area contributed by atoms with Gasteiger partial charge in [0, 0.05) is 24.5 Å². The number of rotatable bonds is 5. The van der Waals surface area contributed by atoms with Gasteiger partial charge in [-0.25, -0.2) is 9.97 Å². The second-order valence-electron chi connectivity index (χ2n) is 5.74. The zero-order valence-corrected chi connectivity index (χ0v) is 12.8. The molecule has 0 spiro atoms. The van der Waals surface area contributed by atoms with Gasteiger partial charge >= 0.3 is 0 Å². The minimum atomic E-state index is 0.0562. The number of anilines is 1. The van der Waals surface area contributed by atoms with E-state index in [0.29, 0.717) is 5.92 Å². The normalized spacial score (nSPS) is 11.3. The summed E-state index contributed by atoms with van der Waals surface area (Å²) in [6, 6.07) is 7.84. The molecule has 3 rings (SSSR count). The number of benzene rings is 1. The van der Waals surface area contributed by atoms with Gasteiger partial charge in [-0.15, -0.1) is 0 Å². The SMILES string of the molecule is CC(C)CNc1nccn2c(-c3ccc(CO)cc3)cnc12. The van der Waals surface area contributed by atoms with Crippen molar-refractivity contribution in [2.24, 2.45) is 5.92 Å². The monoisotopic (exact) mass is 296 g/mol. The summed E-state index contributed by atoms with van der Waals surface area (Å²) >= 11 is 0. The van der Waals surface area contributed by atoms with Crippen molar-refractivity contribution < 1.29 is 5.11 Å². The van der Waals surface area contributed by atoms with Crippen molar-refractivity contribution in [3.8, 4) is 11.3 Å². The van der Waals surface area contributed by atoms with Crippen LogP contribution in [0.4, 0.5) is 5.82 Å². The Morgan fingerprint density at radius 2 is 1.95 bits per heavy atom. The van der Waals surface area contributed by atoms with E-state index in [9.17, 15) is 0 Å². The third kappa shape index (κ3) is 2.80. The fourth-order valence-corrected chi connectivity index (χ4v) is 2.34. The van der Waals surface area contributed by atoms with E-state index < -0.39 is 0 Å². The maximum Gasteiger partial charge on any atom is 0.180 e. The van der Waals surface area contributed by atoms with E-state index in [1.54, 1.807) is 6.20 Å². The Balaban J connectivity index is 1.99. The summed E-state index contributed by atoms with van der Waals surface area (Å²) in [6.07, 6.45) is 5.55. The molecule has 0 saturated carbocycles. The van der Waals surface area contributed by atoms with E-state index >= 15 is 0 Å². The number of hydrogen-bond donors (Lipinski definition) is 2. The smallest absolute Gasteiger partial charge is 0.180 e. The number of nitrogens with zero attached hydrogens (tertiary/aromatic N) is 3. The molecule has 114 valence electrons. The highest BCUT2D eigenvalue weighted by Gasteiger charge is 2.10. The van der Waals surface area contributed by atoms with Gasteiger partial charge in [0.25, 0.3) is 0 Å². The molecule has 3 aromatic rings. The van der Waals surface area contributed by atoms with Gasteiger partial charge in [-0.1, -0.05) is 38.1 Å². The highest BCUT2D eigenvalue weighted by atomic mass is 16.3. The lowest BCUT2D eigenvalue weighted by Crippen LogP contribution is -2.10. The van der Waals surface area contributed by atoms with Crippen LogP contribution in [0.2, 0.25) is 0 Å². The number of nitrogens with one attached hydrogen (secondary N) is 1. The first-order valence-electron chi connectivity index (χ1n) is 7.45. The Bertz CT molecular complexity index is 762. The number of hydrogen-bond acceptors (Lipinski definition) is 4. The number of fused-ring (bicyclic) bond motifs is 1. The van der Waals surface area contributed by atoms with Gasteiger partial charge in [-0.05, 0) is 11.5 Å². The predicted octanol–water partition coefficient (Wildman–Crippen LogP) is 2.96. The van der Waals surface area contributed by atoms with E-state index in [0.717, 1.165) is 34.8 Å². The third-order valence-electron chi connectivity index (χ3n) is 3.54. The van der Waals surface area contributed by atoms with Crippen molar-refractivity contribution >= 4 is 11.5 Å². The Morgan fingerprint density at radius 1 is 1.18 bits per heavy atom. The average Bonchev–Trinajstić information content (AvgIpc) is 2.97. The summed E-state index contributed by atoms with van der Waals surface area (Å²) in [7, 11) is 0. The van der Waals surface area contributed by atoms with Crippen LogP contribution in [-0.4, -0.2) is 26.0 Å². The Hall–Kier alpha value is -2.40. The standard InChI is InChI=1S/C17H20N4O/c1-12(2)9-19-16-17-20-10-15(21(17)8-7-18-16)14-5-3-13(11-22)4-6-14/h3-8,10,12,22H,9,11H2,1-2H3,(H,18,19). The average molecular weight is 296 g/mol. The van der Waals surface area contributed by atoms with Crippen LogP contribution in [0.3, 0.4) is 0 Å². The largest absolute Gasteiger partial charge is 0.392 e. The highest BCUT2D eigenvalue weighted by molar-refractivity contribution is 5.70. The predicted molar refractivity (Wildman–Crippen MR) is 87.7 cm³/mol. The molecule has 0 amide bonds.